The van der Waals surface area contributed by atoms with Crippen molar-refractivity contribution in [3.8, 4) is 5.75 Å². The summed E-state index contributed by atoms with van der Waals surface area (Å²) in [6.07, 6.45) is 0.831. The monoisotopic (exact) mass is 493 g/mol. The van der Waals surface area contributed by atoms with Crippen LogP contribution in [0.1, 0.15) is 34.1 Å². The molecule has 2 aromatic rings. The SMILES string of the molecule is CCCOc1ccc(Br)cc1C(=O)NC(=S)Nc1ccc(C(=O)NCCOC)cc1. The van der Waals surface area contributed by atoms with Crippen molar-refractivity contribution in [1.29, 1.82) is 0 Å². The summed E-state index contributed by atoms with van der Waals surface area (Å²) in [7, 11) is 1.57. The Balaban J connectivity index is 1.96. The number of amides is 2. The number of carbonyl (C=O) groups is 2. The molecule has 0 bridgehead atoms. The minimum absolute atomic E-state index is 0.138. The zero-order valence-corrected chi connectivity index (χ0v) is 19.2. The van der Waals surface area contributed by atoms with Crippen molar-refractivity contribution in [3.05, 3.63) is 58.1 Å². The van der Waals surface area contributed by atoms with Gasteiger partial charge >= 0.3 is 0 Å². The van der Waals surface area contributed by atoms with Crippen molar-refractivity contribution in [2.45, 2.75) is 13.3 Å². The minimum Gasteiger partial charge on any atom is -0.493 e. The molecule has 0 heterocycles. The molecule has 0 aliphatic heterocycles. The van der Waals surface area contributed by atoms with Crippen LogP contribution in [0.25, 0.3) is 0 Å². The largest absolute Gasteiger partial charge is 0.493 e. The summed E-state index contributed by atoms with van der Waals surface area (Å²) in [6.45, 7) is 3.38. The highest BCUT2D eigenvalue weighted by Gasteiger charge is 2.15. The third-order valence-corrected chi connectivity index (χ3v) is 4.57. The van der Waals surface area contributed by atoms with Gasteiger partial charge in [-0.25, -0.2) is 0 Å². The Labute approximate surface area is 189 Å². The van der Waals surface area contributed by atoms with E-state index in [2.05, 4.69) is 31.9 Å². The number of methoxy groups -OCH3 is 1. The fourth-order valence-corrected chi connectivity index (χ4v) is 3.00. The van der Waals surface area contributed by atoms with E-state index in [0.717, 1.165) is 10.9 Å². The second kappa shape index (κ2) is 12.3. The fourth-order valence-electron chi connectivity index (χ4n) is 2.42. The van der Waals surface area contributed by atoms with E-state index in [1.807, 2.05) is 13.0 Å². The van der Waals surface area contributed by atoms with E-state index < -0.39 is 0 Å². The molecule has 2 rings (SSSR count). The molecular formula is C21H24BrN3O4S. The van der Waals surface area contributed by atoms with Gasteiger partial charge in [0, 0.05) is 29.4 Å². The Morgan fingerprint density at radius 2 is 1.80 bits per heavy atom. The maximum absolute atomic E-state index is 12.6. The van der Waals surface area contributed by atoms with E-state index in [1.165, 1.54) is 0 Å². The lowest BCUT2D eigenvalue weighted by Crippen LogP contribution is -2.34. The topological polar surface area (TPSA) is 88.7 Å². The van der Waals surface area contributed by atoms with Crippen molar-refractivity contribution in [1.82, 2.24) is 10.6 Å². The number of rotatable bonds is 9. The maximum atomic E-state index is 12.6. The zero-order chi connectivity index (χ0) is 21.9. The molecule has 0 aliphatic rings. The van der Waals surface area contributed by atoms with Crippen LogP contribution in [0.5, 0.6) is 5.75 Å². The lowest BCUT2D eigenvalue weighted by molar-refractivity contribution is 0.0935. The van der Waals surface area contributed by atoms with Gasteiger partial charge in [-0.1, -0.05) is 22.9 Å². The van der Waals surface area contributed by atoms with Gasteiger partial charge in [-0.3, -0.25) is 14.9 Å². The summed E-state index contributed by atoms with van der Waals surface area (Å²) in [6, 6.07) is 12.0. The molecule has 0 unspecified atom stereocenters. The smallest absolute Gasteiger partial charge is 0.261 e. The Kier molecular flexibility index (Phi) is 9.72. The number of benzene rings is 2. The average molecular weight is 494 g/mol. The Morgan fingerprint density at radius 1 is 1.07 bits per heavy atom. The first-order valence-corrected chi connectivity index (χ1v) is 10.6. The number of halogens is 1. The predicted molar refractivity (Wildman–Crippen MR) is 124 cm³/mol. The van der Waals surface area contributed by atoms with Gasteiger partial charge in [-0.05, 0) is 61.1 Å². The van der Waals surface area contributed by atoms with Crippen LogP contribution < -0.4 is 20.7 Å². The van der Waals surface area contributed by atoms with Crippen molar-refractivity contribution in [3.63, 3.8) is 0 Å². The highest BCUT2D eigenvalue weighted by molar-refractivity contribution is 9.10. The van der Waals surface area contributed by atoms with E-state index >= 15 is 0 Å². The van der Waals surface area contributed by atoms with Crippen LogP contribution in [-0.2, 0) is 4.74 Å². The van der Waals surface area contributed by atoms with Crippen LogP contribution in [0.4, 0.5) is 5.69 Å². The van der Waals surface area contributed by atoms with Crippen molar-refractivity contribution in [2.24, 2.45) is 0 Å². The summed E-state index contributed by atoms with van der Waals surface area (Å²) in [5, 5.41) is 8.46. The van der Waals surface area contributed by atoms with Gasteiger partial charge < -0.3 is 20.1 Å². The van der Waals surface area contributed by atoms with Crippen LogP contribution in [0.2, 0.25) is 0 Å². The molecule has 0 fully saturated rings. The standard InChI is InChI=1S/C21H24BrN3O4S/c1-3-11-29-18-9-6-15(22)13-17(18)20(27)25-21(30)24-16-7-4-14(5-8-16)19(26)23-10-12-28-2/h4-9,13H,3,10-12H2,1-2H3,(H,23,26)(H2,24,25,27,30). The second-order valence-corrected chi connectivity index (χ2v) is 7.55. The molecule has 0 spiro atoms. The molecule has 0 saturated heterocycles. The van der Waals surface area contributed by atoms with E-state index in [9.17, 15) is 9.59 Å². The highest BCUT2D eigenvalue weighted by atomic mass is 79.9. The molecule has 2 amide bonds. The molecule has 0 radical (unpaired) electrons. The predicted octanol–water partition coefficient (Wildman–Crippen LogP) is 3.74. The molecule has 9 heteroatoms. The van der Waals surface area contributed by atoms with Gasteiger partial charge in [0.2, 0.25) is 0 Å². The van der Waals surface area contributed by atoms with Gasteiger partial charge in [0.05, 0.1) is 18.8 Å². The van der Waals surface area contributed by atoms with Gasteiger partial charge in [-0.2, -0.15) is 0 Å². The number of thiocarbonyl (C=S) groups is 1. The summed E-state index contributed by atoms with van der Waals surface area (Å²) in [5.74, 6) is -0.0815. The molecule has 7 nitrogen and oxygen atoms in total. The minimum atomic E-state index is -0.381. The normalized spacial score (nSPS) is 10.2. The van der Waals surface area contributed by atoms with Crippen molar-refractivity contribution < 1.29 is 19.1 Å². The molecule has 0 saturated carbocycles. The maximum Gasteiger partial charge on any atom is 0.261 e. The van der Waals surface area contributed by atoms with E-state index in [-0.39, 0.29) is 16.9 Å². The fraction of sp³-hybridized carbons (Fsp3) is 0.286. The summed E-state index contributed by atoms with van der Waals surface area (Å²) in [4.78, 5) is 24.7. The third kappa shape index (κ3) is 7.40. The van der Waals surface area contributed by atoms with Gasteiger partial charge in [0.1, 0.15) is 5.75 Å². The molecule has 160 valence electrons. The molecule has 30 heavy (non-hydrogen) atoms. The number of nitrogens with one attached hydrogen (secondary N) is 3. The first kappa shape index (κ1) is 23.8. The molecule has 3 N–H and O–H groups in total. The quantitative estimate of drug-likeness (QED) is 0.364. The Bertz CT molecular complexity index is 890. The summed E-state index contributed by atoms with van der Waals surface area (Å²) in [5.41, 5.74) is 1.54. The number of hydrogen-bond acceptors (Lipinski definition) is 5. The highest BCUT2D eigenvalue weighted by Crippen LogP contribution is 2.23. The molecule has 0 aromatic heterocycles. The number of anilines is 1. The average Bonchev–Trinajstić information content (AvgIpc) is 2.73. The second-order valence-electron chi connectivity index (χ2n) is 6.22. The molecule has 2 aromatic carbocycles. The van der Waals surface area contributed by atoms with Crippen LogP contribution >= 0.6 is 28.1 Å². The van der Waals surface area contributed by atoms with Crippen LogP contribution in [0, 0.1) is 0 Å². The first-order chi connectivity index (χ1) is 14.4. The lowest BCUT2D eigenvalue weighted by atomic mass is 10.2. The van der Waals surface area contributed by atoms with Crippen molar-refractivity contribution >= 4 is 50.8 Å². The van der Waals surface area contributed by atoms with Crippen molar-refractivity contribution in [2.75, 3.05) is 32.2 Å². The number of carbonyl (C=O) groups excluding carboxylic acids is 2. The molecular weight excluding hydrogens is 470 g/mol. The van der Waals surface area contributed by atoms with E-state index in [1.54, 1.807) is 43.5 Å². The van der Waals surface area contributed by atoms with Gasteiger partial charge in [0.15, 0.2) is 5.11 Å². The van der Waals surface area contributed by atoms with Gasteiger partial charge in [0.25, 0.3) is 11.8 Å². The van der Waals surface area contributed by atoms with Crippen LogP contribution in [0.3, 0.4) is 0 Å². The third-order valence-electron chi connectivity index (χ3n) is 3.87. The molecule has 0 aliphatic carbocycles. The van der Waals surface area contributed by atoms with Crippen LogP contribution in [-0.4, -0.2) is 43.8 Å². The summed E-state index contributed by atoms with van der Waals surface area (Å²) < 4.78 is 11.3. The summed E-state index contributed by atoms with van der Waals surface area (Å²) >= 11 is 8.61. The number of hydrogen-bond donors (Lipinski definition) is 3. The first-order valence-electron chi connectivity index (χ1n) is 9.36. The van der Waals surface area contributed by atoms with E-state index in [4.69, 9.17) is 21.7 Å². The Morgan fingerprint density at radius 3 is 2.47 bits per heavy atom. The zero-order valence-electron chi connectivity index (χ0n) is 16.8. The van der Waals surface area contributed by atoms with Crippen LogP contribution in [0.15, 0.2) is 46.9 Å². The van der Waals surface area contributed by atoms with Gasteiger partial charge in [-0.15, -0.1) is 0 Å². The molecule has 0 atom stereocenters. The number of ether oxygens (including phenoxy) is 2. The Hall–Kier alpha value is -2.49. The van der Waals surface area contributed by atoms with E-state index in [0.29, 0.717) is 42.3 Å². The lowest BCUT2D eigenvalue weighted by Gasteiger charge is -2.13.